The smallest absolute Gasteiger partial charge is 0.303 e. The topological polar surface area (TPSA) is 118 Å². The summed E-state index contributed by atoms with van der Waals surface area (Å²) >= 11 is 6.53. The van der Waals surface area contributed by atoms with Crippen LogP contribution in [0.25, 0.3) is 17.1 Å². The Balaban J connectivity index is 0.000000275. The molecule has 0 fully saturated rings. The maximum absolute atomic E-state index is 9.64. The van der Waals surface area contributed by atoms with E-state index in [1.54, 1.807) is 12.5 Å². The molecule has 3 heterocycles. The molecular formula is C21H22ClN3O5. The molecule has 4 rings (SSSR count). The van der Waals surface area contributed by atoms with Gasteiger partial charge in [-0.05, 0) is 61.3 Å². The van der Waals surface area contributed by atoms with Crippen LogP contribution in [-0.2, 0) is 22.4 Å². The molecule has 3 aromatic rings. The van der Waals surface area contributed by atoms with Crippen LogP contribution in [-0.4, -0.2) is 45.0 Å². The molecule has 0 radical (unpaired) electrons. The van der Waals surface area contributed by atoms with Crippen LogP contribution in [0, 0.1) is 0 Å². The Kier molecular flexibility index (Phi) is 7.26. The Hall–Kier alpha value is -3.10. The van der Waals surface area contributed by atoms with Crippen molar-refractivity contribution >= 4 is 23.5 Å². The summed E-state index contributed by atoms with van der Waals surface area (Å²) in [6.45, 7) is 1.95. The quantitative estimate of drug-likeness (QED) is 0.566. The fourth-order valence-corrected chi connectivity index (χ4v) is 3.52. The second-order valence-corrected chi connectivity index (χ2v) is 7.08. The van der Waals surface area contributed by atoms with Crippen molar-refractivity contribution in [3.8, 4) is 17.1 Å². The Morgan fingerprint density at radius 1 is 1.10 bits per heavy atom. The lowest BCUT2D eigenvalue weighted by Crippen LogP contribution is -2.16. The van der Waals surface area contributed by atoms with Crippen LogP contribution < -0.4 is 5.32 Å². The number of aromatic nitrogens is 2. The van der Waals surface area contributed by atoms with Crippen molar-refractivity contribution in [2.75, 3.05) is 13.1 Å². The normalized spacial score (nSPS) is 13.0. The lowest BCUT2D eigenvalue weighted by Gasteiger charge is -2.16. The Morgan fingerprint density at radius 3 is 2.50 bits per heavy atom. The van der Waals surface area contributed by atoms with Gasteiger partial charge in [0.1, 0.15) is 5.69 Å². The van der Waals surface area contributed by atoms with Crippen LogP contribution in [0.2, 0.25) is 5.02 Å². The molecular weight excluding hydrogens is 410 g/mol. The number of carbonyl (C=O) groups is 2. The number of nitrogens with one attached hydrogen (secondary N) is 1. The summed E-state index contributed by atoms with van der Waals surface area (Å²) in [6.07, 6.45) is 4.82. The molecule has 8 nitrogen and oxygen atoms in total. The number of benzene rings is 1. The highest BCUT2D eigenvalue weighted by molar-refractivity contribution is 6.32. The van der Waals surface area contributed by atoms with E-state index in [1.807, 2.05) is 28.9 Å². The first-order valence-corrected chi connectivity index (χ1v) is 9.88. The largest absolute Gasteiger partial charge is 0.481 e. The first-order valence-electron chi connectivity index (χ1n) is 9.50. The number of hydrogen-bond acceptors (Lipinski definition) is 5. The van der Waals surface area contributed by atoms with Gasteiger partial charge in [0.2, 0.25) is 0 Å². The van der Waals surface area contributed by atoms with Crippen molar-refractivity contribution in [1.82, 2.24) is 15.1 Å². The number of hydrogen-bond donors (Lipinski definition) is 3. The summed E-state index contributed by atoms with van der Waals surface area (Å²) < 4.78 is 7.43. The van der Waals surface area contributed by atoms with E-state index in [1.165, 1.54) is 11.1 Å². The molecule has 0 bridgehead atoms. The van der Waals surface area contributed by atoms with Gasteiger partial charge in [-0.25, -0.2) is 4.68 Å². The molecule has 158 valence electrons. The molecule has 2 aromatic heterocycles. The molecule has 0 spiro atoms. The molecule has 0 unspecified atom stereocenters. The van der Waals surface area contributed by atoms with Gasteiger partial charge in [-0.2, -0.15) is 5.10 Å². The van der Waals surface area contributed by atoms with E-state index in [0.717, 1.165) is 48.1 Å². The summed E-state index contributed by atoms with van der Waals surface area (Å²) in [5.74, 6) is -1.36. The fourth-order valence-electron chi connectivity index (χ4n) is 3.26. The second-order valence-electron chi connectivity index (χ2n) is 6.68. The average molecular weight is 432 g/mol. The van der Waals surface area contributed by atoms with Gasteiger partial charge in [0.25, 0.3) is 0 Å². The molecule has 0 atom stereocenters. The molecule has 1 aliphatic heterocycles. The number of rotatable bonds is 5. The lowest BCUT2D eigenvalue weighted by molar-refractivity contribution is -0.143. The van der Waals surface area contributed by atoms with E-state index in [4.69, 9.17) is 26.2 Å². The zero-order valence-electron chi connectivity index (χ0n) is 16.2. The number of nitrogens with zero attached hydrogens (tertiary/aromatic N) is 2. The number of carboxylic acid groups (broad SMARTS) is 2. The minimum Gasteiger partial charge on any atom is -0.481 e. The molecule has 0 amide bonds. The predicted octanol–water partition coefficient (Wildman–Crippen LogP) is 3.41. The molecule has 9 heteroatoms. The molecule has 1 aliphatic rings. The van der Waals surface area contributed by atoms with Crippen molar-refractivity contribution < 1.29 is 24.2 Å². The minimum atomic E-state index is -1.08. The summed E-state index contributed by atoms with van der Waals surface area (Å²) in [4.78, 5) is 19.3. The van der Waals surface area contributed by atoms with Crippen LogP contribution >= 0.6 is 11.6 Å². The Labute approximate surface area is 178 Å². The Bertz CT molecular complexity index is 1000. The lowest BCUT2D eigenvalue weighted by atomic mass is 10.0. The van der Waals surface area contributed by atoms with Crippen LogP contribution in [0.1, 0.15) is 24.0 Å². The minimum absolute atomic E-state index is 0.296. The molecule has 3 N–H and O–H groups in total. The van der Waals surface area contributed by atoms with Crippen LogP contribution in [0.3, 0.4) is 0 Å². The van der Waals surface area contributed by atoms with Crippen LogP contribution in [0.15, 0.2) is 47.2 Å². The molecule has 0 saturated carbocycles. The standard InChI is InChI=1S/C17H16ClN3O.C4H6O4/c18-14-4-3-12-5-8-19-9-6-13(12)17(14)21-15(7-10-20-21)16-2-1-11-22-16;5-3(6)1-2-4(7)8/h1-4,7,10-11,19H,5-6,8-9H2;1-2H2,(H,5,6)(H,7,8). The Morgan fingerprint density at radius 2 is 1.83 bits per heavy atom. The van der Waals surface area contributed by atoms with Gasteiger partial charge in [-0.3, -0.25) is 9.59 Å². The average Bonchev–Trinajstić information content (AvgIpc) is 3.34. The first-order chi connectivity index (χ1) is 14.5. The number of carboxylic acids is 2. The summed E-state index contributed by atoms with van der Waals surface area (Å²) in [5, 5.41) is 24.4. The number of fused-ring (bicyclic) bond motifs is 1. The van der Waals surface area contributed by atoms with E-state index in [-0.39, 0.29) is 12.8 Å². The molecule has 0 aliphatic carbocycles. The molecule has 1 aromatic carbocycles. The number of aliphatic carboxylic acids is 2. The SMILES string of the molecule is Clc1ccc2c(c1-n1nccc1-c1ccco1)CCNCC2.O=C(O)CCC(=O)O. The zero-order valence-corrected chi connectivity index (χ0v) is 16.9. The highest BCUT2D eigenvalue weighted by Gasteiger charge is 2.19. The van der Waals surface area contributed by atoms with Crippen molar-refractivity contribution in [3.63, 3.8) is 0 Å². The van der Waals surface area contributed by atoms with Crippen molar-refractivity contribution in [3.05, 3.63) is 58.9 Å². The first kappa shape index (κ1) is 21.6. The highest BCUT2D eigenvalue weighted by Crippen LogP contribution is 2.32. The van der Waals surface area contributed by atoms with Gasteiger partial charge < -0.3 is 19.9 Å². The summed E-state index contributed by atoms with van der Waals surface area (Å²) in [5.41, 5.74) is 4.50. The van der Waals surface area contributed by atoms with Gasteiger partial charge in [-0.15, -0.1) is 0 Å². The van der Waals surface area contributed by atoms with Gasteiger partial charge in [0, 0.05) is 0 Å². The summed E-state index contributed by atoms with van der Waals surface area (Å²) in [6, 6.07) is 9.86. The third kappa shape index (κ3) is 5.28. The van der Waals surface area contributed by atoms with E-state index in [2.05, 4.69) is 16.5 Å². The van der Waals surface area contributed by atoms with Crippen molar-refractivity contribution in [2.24, 2.45) is 0 Å². The zero-order chi connectivity index (χ0) is 21.5. The molecule has 30 heavy (non-hydrogen) atoms. The van der Waals surface area contributed by atoms with Gasteiger partial charge >= 0.3 is 11.9 Å². The monoisotopic (exact) mass is 431 g/mol. The third-order valence-corrected chi connectivity index (χ3v) is 4.94. The van der Waals surface area contributed by atoms with Gasteiger partial charge in [0.05, 0.1) is 36.0 Å². The van der Waals surface area contributed by atoms with Crippen molar-refractivity contribution in [2.45, 2.75) is 25.7 Å². The second kappa shape index (κ2) is 10.1. The van der Waals surface area contributed by atoms with E-state index in [0.29, 0.717) is 0 Å². The van der Waals surface area contributed by atoms with E-state index >= 15 is 0 Å². The van der Waals surface area contributed by atoms with Gasteiger partial charge in [0.15, 0.2) is 5.76 Å². The maximum atomic E-state index is 9.64. The highest BCUT2D eigenvalue weighted by atomic mass is 35.5. The number of halogens is 1. The van der Waals surface area contributed by atoms with E-state index < -0.39 is 11.9 Å². The van der Waals surface area contributed by atoms with Gasteiger partial charge in [-0.1, -0.05) is 17.7 Å². The fraction of sp³-hybridized carbons (Fsp3) is 0.286. The summed E-state index contributed by atoms with van der Waals surface area (Å²) in [7, 11) is 0. The van der Waals surface area contributed by atoms with Crippen molar-refractivity contribution in [1.29, 1.82) is 0 Å². The third-order valence-electron chi connectivity index (χ3n) is 4.63. The maximum Gasteiger partial charge on any atom is 0.303 e. The van der Waals surface area contributed by atoms with Crippen LogP contribution in [0.4, 0.5) is 0 Å². The molecule has 0 saturated heterocycles. The van der Waals surface area contributed by atoms with E-state index in [9.17, 15) is 9.59 Å². The predicted molar refractivity (Wildman–Crippen MR) is 111 cm³/mol. The number of furan rings is 1. The van der Waals surface area contributed by atoms with Crippen LogP contribution in [0.5, 0.6) is 0 Å².